The fourth-order valence-corrected chi connectivity index (χ4v) is 2.68. The minimum Gasteiger partial charge on any atom is -0.439 e. The van der Waals surface area contributed by atoms with Crippen molar-refractivity contribution in [1.29, 1.82) is 0 Å². The Kier molecular flexibility index (Phi) is 5.02. The summed E-state index contributed by atoms with van der Waals surface area (Å²) in [6.45, 7) is -2.07. The summed E-state index contributed by atoms with van der Waals surface area (Å²) in [5, 5.41) is 18.1. The van der Waals surface area contributed by atoms with E-state index in [2.05, 4.69) is 0 Å². The number of aliphatic hydroxyl groups excluding tert-OH is 1. The summed E-state index contributed by atoms with van der Waals surface area (Å²) in [5.74, 6) is -0.0488. The quantitative estimate of drug-likeness (QED) is 0.481. The Labute approximate surface area is 135 Å². The van der Waals surface area contributed by atoms with Gasteiger partial charge in [-0.15, -0.1) is 0 Å². The Morgan fingerprint density at radius 1 is 0.800 bits per heavy atom. The largest absolute Gasteiger partial charge is 0.439 e. The van der Waals surface area contributed by atoms with Crippen molar-refractivity contribution in [3.8, 4) is 16.9 Å². The molecule has 0 radical (unpaired) electrons. The van der Waals surface area contributed by atoms with Gasteiger partial charge in [0.1, 0.15) is 5.02 Å². The minimum absolute atomic E-state index is 0.0198. The first-order chi connectivity index (χ1) is 9.43. The zero-order valence-corrected chi connectivity index (χ0v) is 12.8. The Balaban J connectivity index is 2.77. The predicted octanol–water partition coefficient (Wildman–Crippen LogP) is 4.61. The second-order valence-electron chi connectivity index (χ2n) is 3.77. The molecule has 106 valence electrons. The molecule has 0 spiro atoms. The van der Waals surface area contributed by atoms with Crippen molar-refractivity contribution >= 4 is 46.4 Å². The van der Waals surface area contributed by atoms with Crippen LogP contribution >= 0.6 is 46.4 Å². The van der Waals surface area contributed by atoms with Crippen LogP contribution in [0.1, 0.15) is 0 Å². The summed E-state index contributed by atoms with van der Waals surface area (Å²) in [4.78, 5) is 0. The van der Waals surface area contributed by atoms with Crippen LogP contribution in [0.3, 0.4) is 0 Å². The third kappa shape index (κ3) is 2.98. The lowest BCUT2D eigenvalue weighted by atomic mass is 10.0. The van der Waals surface area contributed by atoms with Gasteiger partial charge in [-0.1, -0.05) is 76.7 Å². The molecule has 2 rings (SSSR count). The van der Waals surface area contributed by atoms with Gasteiger partial charge in [0.25, 0.3) is 0 Å². The third-order valence-electron chi connectivity index (χ3n) is 2.51. The molecule has 0 bridgehead atoms. The molecule has 2 aromatic carbocycles. The van der Waals surface area contributed by atoms with E-state index in [1.54, 1.807) is 24.3 Å². The van der Waals surface area contributed by atoms with Gasteiger partial charge in [-0.25, -0.2) is 0 Å². The molecule has 0 heterocycles. The van der Waals surface area contributed by atoms with Crippen molar-refractivity contribution in [2.24, 2.45) is 0 Å². The molecule has 0 atom stereocenters. The van der Waals surface area contributed by atoms with Crippen molar-refractivity contribution in [2.45, 2.75) is 6.48 Å². The van der Waals surface area contributed by atoms with Gasteiger partial charge in [0.05, 0.1) is 15.1 Å². The van der Waals surface area contributed by atoms with Crippen molar-refractivity contribution in [2.75, 3.05) is 0 Å². The summed E-state index contributed by atoms with van der Waals surface area (Å²) >= 11 is 24.2. The van der Waals surface area contributed by atoms with E-state index in [9.17, 15) is 0 Å². The molecule has 0 aliphatic rings. The van der Waals surface area contributed by atoms with Crippen LogP contribution in [0.25, 0.3) is 11.1 Å². The molecule has 2 N–H and O–H groups in total. The normalized spacial score (nSPS) is 10.9. The Bertz CT molecular complexity index is 630. The van der Waals surface area contributed by atoms with Crippen LogP contribution in [0, 0.1) is 0 Å². The molecule has 0 aliphatic heterocycles. The van der Waals surface area contributed by atoms with E-state index >= 15 is 0 Å². The number of aliphatic hydroxyl groups is 2. The molecular weight excluding hydrogens is 346 g/mol. The molecule has 20 heavy (non-hydrogen) atoms. The number of halogens is 4. The van der Waals surface area contributed by atoms with Crippen LogP contribution in [-0.2, 0) is 0 Å². The van der Waals surface area contributed by atoms with Gasteiger partial charge >= 0.3 is 6.48 Å². The third-order valence-corrected chi connectivity index (χ3v) is 4.29. The summed E-state index contributed by atoms with van der Waals surface area (Å²) < 4.78 is 4.90. The SMILES string of the molecule is OC(O)Oc1c(Cl)c(Cl)c(Cl)c(Cl)c1-c1ccccc1. The first kappa shape index (κ1) is 15.7. The second kappa shape index (κ2) is 6.39. The van der Waals surface area contributed by atoms with Gasteiger partial charge in [-0.3, -0.25) is 0 Å². The average Bonchev–Trinajstić information content (AvgIpc) is 2.43. The van der Waals surface area contributed by atoms with E-state index in [1.807, 2.05) is 6.07 Å². The first-order valence-corrected chi connectivity index (χ1v) is 6.88. The first-order valence-electron chi connectivity index (χ1n) is 5.37. The van der Waals surface area contributed by atoms with Crippen LogP contribution in [0.4, 0.5) is 0 Å². The molecule has 0 unspecified atom stereocenters. The number of rotatable bonds is 3. The van der Waals surface area contributed by atoms with Crippen LogP contribution in [0.15, 0.2) is 30.3 Å². The molecule has 0 fully saturated rings. The fraction of sp³-hybridized carbons (Fsp3) is 0.0769. The summed E-state index contributed by atoms with van der Waals surface area (Å²) in [7, 11) is 0. The van der Waals surface area contributed by atoms with Crippen LogP contribution in [0.5, 0.6) is 5.75 Å². The highest BCUT2D eigenvalue weighted by molar-refractivity contribution is 6.53. The molecule has 0 amide bonds. The maximum Gasteiger partial charge on any atom is 0.310 e. The Morgan fingerprint density at radius 3 is 1.90 bits per heavy atom. The molecule has 3 nitrogen and oxygen atoms in total. The number of ether oxygens (including phenoxy) is 1. The smallest absolute Gasteiger partial charge is 0.310 e. The Morgan fingerprint density at radius 2 is 1.35 bits per heavy atom. The molecule has 2 aromatic rings. The van der Waals surface area contributed by atoms with E-state index in [0.29, 0.717) is 11.1 Å². The molecule has 7 heteroatoms. The number of hydrogen-bond acceptors (Lipinski definition) is 3. The van der Waals surface area contributed by atoms with E-state index in [-0.39, 0.29) is 25.8 Å². The van der Waals surface area contributed by atoms with Crippen LogP contribution in [0.2, 0.25) is 20.1 Å². The van der Waals surface area contributed by atoms with Crippen LogP contribution in [-0.4, -0.2) is 16.7 Å². The number of hydrogen-bond donors (Lipinski definition) is 2. The van der Waals surface area contributed by atoms with Gasteiger partial charge in [0, 0.05) is 5.56 Å². The van der Waals surface area contributed by atoms with Gasteiger partial charge in [-0.2, -0.15) is 0 Å². The van der Waals surface area contributed by atoms with Gasteiger partial charge in [0.2, 0.25) is 0 Å². The van der Waals surface area contributed by atoms with Crippen LogP contribution < -0.4 is 4.74 Å². The second-order valence-corrected chi connectivity index (χ2v) is 5.28. The summed E-state index contributed by atoms with van der Waals surface area (Å²) in [5.41, 5.74) is 0.980. The molecule has 0 saturated carbocycles. The van der Waals surface area contributed by atoms with Gasteiger partial charge < -0.3 is 14.9 Å². The molecule has 0 saturated heterocycles. The van der Waals surface area contributed by atoms with E-state index in [4.69, 9.17) is 61.4 Å². The maximum absolute atomic E-state index is 9.01. The van der Waals surface area contributed by atoms with Crippen molar-refractivity contribution in [1.82, 2.24) is 0 Å². The molecular formula is C13H8Cl4O3. The van der Waals surface area contributed by atoms with Crippen molar-refractivity contribution in [3.05, 3.63) is 50.4 Å². The lowest BCUT2D eigenvalue weighted by molar-refractivity contribution is -0.179. The summed E-state index contributed by atoms with van der Waals surface area (Å²) in [6.07, 6.45) is 0. The van der Waals surface area contributed by atoms with E-state index in [1.165, 1.54) is 0 Å². The highest BCUT2D eigenvalue weighted by Crippen LogP contribution is 2.50. The fourth-order valence-electron chi connectivity index (χ4n) is 1.69. The molecule has 0 aromatic heterocycles. The zero-order valence-electron chi connectivity index (χ0n) is 9.78. The molecule has 0 aliphatic carbocycles. The highest BCUT2D eigenvalue weighted by Gasteiger charge is 2.23. The predicted molar refractivity (Wildman–Crippen MR) is 80.8 cm³/mol. The number of benzene rings is 2. The average molecular weight is 354 g/mol. The van der Waals surface area contributed by atoms with Crippen molar-refractivity contribution in [3.63, 3.8) is 0 Å². The maximum atomic E-state index is 9.01. The van der Waals surface area contributed by atoms with Gasteiger partial charge in [-0.05, 0) is 5.56 Å². The van der Waals surface area contributed by atoms with E-state index < -0.39 is 6.48 Å². The monoisotopic (exact) mass is 352 g/mol. The minimum atomic E-state index is -2.07. The van der Waals surface area contributed by atoms with E-state index in [0.717, 1.165) is 0 Å². The van der Waals surface area contributed by atoms with Crippen molar-refractivity contribution < 1.29 is 14.9 Å². The highest BCUT2D eigenvalue weighted by atomic mass is 35.5. The summed E-state index contributed by atoms with van der Waals surface area (Å²) in [6, 6.07) is 8.87. The lowest BCUT2D eigenvalue weighted by Gasteiger charge is -2.18. The Hall–Kier alpha value is -0.680. The van der Waals surface area contributed by atoms with Gasteiger partial charge in [0.15, 0.2) is 5.75 Å². The topological polar surface area (TPSA) is 49.7 Å². The lowest BCUT2D eigenvalue weighted by Crippen LogP contribution is -2.14. The zero-order chi connectivity index (χ0) is 14.9. The standard InChI is InChI=1S/C13H8Cl4O3/c14-8-7(6-4-2-1-3-5-6)12(20-13(18)19)11(17)10(16)9(8)15/h1-5,13,18-19H.